The van der Waals surface area contributed by atoms with E-state index in [2.05, 4.69) is 24.1 Å². The van der Waals surface area contributed by atoms with Crippen LogP contribution >= 0.6 is 0 Å². The summed E-state index contributed by atoms with van der Waals surface area (Å²) in [4.78, 5) is 30.9. The number of anilines is 2. The fourth-order valence-electron chi connectivity index (χ4n) is 5.32. The van der Waals surface area contributed by atoms with Gasteiger partial charge in [0.1, 0.15) is 5.54 Å². The minimum absolute atomic E-state index is 0.0102. The van der Waals surface area contributed by atoms with Gasteiger partial charge in [0, 0.05) is 12.1 Å². The monoisotopic (exact) mass is 369 g/mol. The first kappa shape index (κ1) is 18.5. The van der Waals surface area contributed by atoms with Crippen LogP contribution in [-0.4, -0.2) is 40.9 Å². The molecule has 3 aliphatic rings. The summed E-state index contributed by atoms with van der Waals surface area (Å²) in [5, 5.41) is 3.06. The lowest BCUT2D eigenvalue weighted by molar-refractivity contribution is -0.128. The maximum atomic E-state index is 13.6. The summed E-state index contributed by atoms with van der Waals surface area (Å²) in [5.41, 5.74) is 0.911. The molecule has 0 saturated heterocycles. The van der Waals surface area contributed by atoms with E-state index < -0.39 is 5.54 Å². The van der Waals surface area contributed by atoms with Gasteiger partial charge < -0.3 is 5.32 Å². The summed E-state index contributed by atoms with van der Waals surface area (Å²) in [6.45, 7) is 4.74. The van der Waals surface area contributed by atoms with E-state index in [0.29, 0.717) is 18.6 Å². The Labute approximate surface area is 162 Å². The van der Waals surface area contributed by atoms with Crippen molar-refractivity contribution in [3.05, 3.63) is 24.3 Å². The van der Waals surface area contributed by atoms with Crippen LogP contribution in [0.25, 0.3) is 0 Å². The zero-order valence-electron chi connectivity index (χ0n) is 16.5. The third kappa shape index (κ3) is 3.16. The van der Waals surface area contributed by atoms with Gasteiger partial charge >= 0.3 is 0 Å². The Balaban J connectivity index is 1.68. The summed E-state index contributed by atoms with van der Waals surface area (Å²) >= 11 is 0. The summed E-state index contributed by atoms with van der Waals surface area (Å²) < 4.78 is 0. The number of carbonyl (C=O) groups is 2. The van der Waals surface area contributed by atoms with Crippen LogP contribution in [0.2, 0.25) is 0 Å². The van der Waals surface area contributed by atoms with Crippen molar-refractivity contribution >= 4 is 23.2 Å². The van der Waals surface area contributed by atoms with Crippen LogP contribution in [0.5, 0.6) is 0 Å². The number of nitrogens with zero attached hydrogens (tertiary/aromatic N) is 2. The van der Waals surface area contributed by atoms with Crippen LogP contribution in [0.1, 0.15) is 65.2 Å². The number of rotatable bonds is 4. The topological polar surface area (TPSA) is 52.7 Å². The number of amides is 2. The number of hydrogen-bond donors (Lipinski definition) is 1. The summed E-state index contributed by atoms with van der Waals surface area (Å²) in [6.07, 6.45) is 8.35. The largest absolute Gasteiger partial charge is 0.322 e. The Hall–Kier alpha value is -1.88. The number of nitrogens with one attached hydrogen (secondary N) is 1. The number of carbonyl (C=O) groups excluding carboxylic acids is 2. The van der Waals surface area contributed by atoms with Gasteiger partial charge in [-0.05, 0) is 51.7 Å². The van der Waals surface area contributed by atoms with E-state index in [4.69, 9.17) is 0 Å². The van der Waals surface area contributed by atoms with Crippen LogP contribution < -0.4 is 10.2 Å². The molecule has 1 heterocycles. The number of fused-ring (bicyclic) bond motifs is 1. The summed E-state index contributed by atoms with van der Waals surface area (Å²) in [5.74, 6) is 0.0591. The molecule has 2 aliphatic carbocycles. The van der Waals surface area contributed by atoms with Crippen molar-refractivity contribution in [1.29, 1.82) is 0 Å². The highest BCUT2D eigenvalue weighted by atomic mass is 16.2. The van der Waals surface area contributed by atoms with Crippen molar-refractivity contribution < 1.29 is 9.59 Å². The first-order valence-electron chi connectivity index (χ1n) is 10.5. The van der Waals surface area contributed by atoms with E-state index >= 15 is 0 Å². The number of para-hydroxylation sites is 2. The third-order valence-electron chi connectivity index (χ3n) is 6.70. The van der Waals surface area contributed by atoms with Crippen molar-refractivity contribution in [2.24, 2.45) is 0 Å². The van der Waals surface area contributed by atoms with Gasteiger partial charge in [0.2, 0.25) is 5.91 Å². The molecule has 1 aromatic carbocycles. The molecule has 2 amide bonds. The Morgan fingerprint density at radius 2 is 1.85 bits per heavy atom. The van der Waals surface area contributed by atoms with E-state index in [1.54, 1.807) is 0 Å². The molecule has 1 aliphatic heterocycles. The molecule has 1 N–H and O–H groups in total. The molecule has 0 unspecified atom stereocenters. The van der Waals surface area contributed by atoms with Crippen molar-refractivity contribution in [3.8, 4) is 0 Å². The van der Waals surface area contributed by atoms with E-state index in [1.807, 2.05) is 29.2 Å². The first-order chi connectivity index (χ1) is 13.0. The predicted molar refractivity (Wildman–Crippen MR) is 108 cm³/mol. The molecule has 2 saturated carbocycles. The van der Waals surface area contributed by atoms with Gasteiger partial charge in [-0.3, -0.25) is 19.4 Å². The molecule has 0 bridgehead atoms. The highest BCUT2D eigenvalue weighted by Crippen LogP contribution is 2.45. The predicted octanol–water partition coefficient (Wildman–Crippen LogP) is 3.94. The van der Waals surface area contributed by atoms with E-state index in [9.17, 15) is 9.59 Å². The Morgan fingerprint density at radius 3 is 2.52 bits per heavy atom. The van der Waals surface area contributed by atoms with Crippen LogP contribution in [0.15, 0.2) is 24.3 Å². The maximum Gasteiger partial charge on any atom is 0.250 e. The lowest BCUT2D eigenvalue weighted by Crippen LogP contribution is -2.62. The van der Waals surface area contributed by atoms with Crippen molar-refractivity contribution in [3.63, 3.8) is 0 Å². The van der Waals surface area contributed by atoms with Gasteiger partial charge in [0.05, 0.1) is 17.9 Å². The Morgan fingerprint density at radius 1 is 1.19 bits per heavy atom. The fraction of sp³-hybridized carbons (Fsp3) is 0.636. The number of hydrogen-bond acceptors (Lipinski definition) is 3. The van der Waals surface area contributed by atoms with Gasteiger partial charge in [0.25, 0.3) is 5.91 Å². The van der Waals surface area contributed by atoms with Gasteiger partial charge in [-0.1, -0.05) is 37.8 Å². The SMILES string of the molecule is CC(C)N(CC(=O)N1c2ccccc2NC(=O)C12CCCC2)C1CCCC1. The summed E-state index contributed by atoms with van der Waals surface area (Å²) in [6, 6.07) is 8.55. The van der Waals surface area contributed by atoms with Crippen LogP contribution in [-0.2, 0) is 9.59 Å². The Kier molecular flexibility index (Phi) is 4.97. The lowest BCUT2D eigenvalue weighted by Gasteiger charge is -2.45. The first-order valence-corrected chi connectivity index (χ1v) is 10.5. The van der Waals surface area contributed by atoms with Crippen LogP contribution in [0.3, 0.4) is 0 Å². The van der Waals surface area contributed by atoms with Crippen molar-refractivity contribution in [2.45, 2.75) is 82.8 Å². The molecule has 0 aromatic heterocycles. The molecular weight excluding hydrogens is 338 g/mol. The average Bonchev–Trinajstić information content (AvgIpc) is 3.33. The molecule has 5 heteroatoms. The van der Waals surface area contributed by atoms with E-state index in [0.717, 1.165) is 37.1 Å². The van der Waals surface area contributed by atoms with E-state index in [1.165, 1.54) is 25.7 Å². The quantitative estimate of drug-likeness (QED) is 0.875. The molecule has 27 heavy (non-hydrogen) atoms. The molecule has 5 nitrogen and oxygen atoms in total. The molecule has 0 atom stereocenters. The Bertz CT molecular complexity index is 718. The molecule has 4 rings (SSSR count). The van der Waals surface area contributed by atoms with Crippen molar-refractivity contribution in [2.75, 3.05) is 16.8 Å². The molecule has 146 valence electrons. The zero-order valence-corrected chi connectivity index (χ0v) is 16.5. The van der Waals surface area contributed by atoms with Crippen LogP contribution in [0, 0.1) is 0 Å². The second kappa shape index (κ2) is 7.27. The highest BCUT2D eigenvalue weighted by Gasteiger charge is 2.52. The van der Waals surface area contributed by atoms with Gasteiger partial charge in [-0.25, -0.2) is 0 Å². The molecule has 1 aromatic rings. The maximum absolute atomic E-state index is 13.6. The molecule has 1 spiro atoms. The van der Waals surface area contributed by atoms with Gasteiger partial charge in [-0.15, -0.1) is 0 Å². The third-order valence-corrected chi connectivity index (χ3v) is 6.70. The average molecular weight is 370 g/mol. The molecule has 2 fully saturated rings. The normalized spacial score (nSPS) is 21.9. The minimum Gasteiger partial charge on any atom is -0.322 e. The van der Waals surface area contributed by atoms with Crippen molar-refractivity contribution in [1.82, 2.24) is 4.90 Å². The fourth-order valence-corrected chi connectivity index (χ4v) is 5.32. The molecular formula is C22H31N3O2. The lowest BCUT2D eigenvalue weighted by atomic mass is 9.89. The van der Waals surface area contributed by atoms with E-state index in [-0.39, 0.29) is 11.8 Å². The second-order valence-corrected chi connectivity index (χ2v) is 8.64. The minimum atomic E-state index is -0.705. The standard InChI is InChI=1S/C22H31N3O2/c1-16(2)24(17-9-3-4-10-17)15-20(26)25-19-12-6-5-11-18(19)23-21(27)22(25)13-7-8-14-22/h5-6,11-12,16-17H,3-4,7-10,13-15H2,1-2H3,(H,23,27). The molecule has 0 radical (unpaired) electrons. The van der Waals surface area contributed by atoms with Gasteiger partial charge in [-0.2, -0.15) is 0 Å². The number of benzene rings is 1. The van der Waals surface area contributed by atoms with Crippen LogP contribution in [0.4, 0.5) is 11.4 Å². The zero-order chi connectivity index (χ0) is 19.0. The highest BCUT2D eigenvalue weighted by molar-refractivity contribution is 6.15. The smallest absolute Gasteiger partial charge is 0.250 e. The summed E-state index contributed by atoms with van der Waals surface area (Å²) in [7, 11) is 0. The van der Waals surface area contributed by atoms with Gasteiger partial charge in [0.15, 0.2) is 0 Å². The second-order valence-electron chi connectivity index (χ2n) is 8.64.